The standard InChI is InChI=1S/C14H13F2NO4/c15-7-2-1-6(5-8(7)16)17-13(18)11-9-3-4-10(21-9)12(11)14(19)20/h1-2,5,9-12H,3-4H2,(H,17,18)(H,19,20)/t9-,10-,11-,12-/m0/s1. The number of anilines is 1. The van der Waals surface area contributed by atoms with Crippen LogP contribution >= 0.6 is 0 Å². The Morgan fingerprint density at radius 3 is 2.43 bits per heavy atom. The first-order chi connectivity index (χ1) is 9.97. The van der Waals surface area contributed by atoms with E-state index < -0.39 is 47.6 Å². The summed E-state index contributed by atoms with van der Waals surface area (Å²) in [6.45, 7) is 0. The summed E-state index contributed by atoms with van der Waals surface area (Å²) in [6.07, 6.45) is 0.371. The van der Waals surface area contributed by atoms with Crippen molar-refractivity contribution in [1.82, 2.24) is 0 Å². The first kappa shape index (κ1) is 13.9. The van der Waals surface area contributed by atoms with Gasteiger partial charge >= 0.3 is 5.97 Å². The topological polar surface area (TPSA) is 75.6 Å². The number of rotatable bonds is 3. The third kappa shape index (κ3) is 2.37. The molecule has 112 valence electrons. The Bertz CT molecular complexity index is 607. The van der Waals surface area contributed by atoms with Gasteiger partial charge in [-0.15, -0.1) is 0 Å². The molecule has 1 aromatic carbocycles. The van der Waals surface area contributed by atoms with E-state index in [-0.39, 0.29) is 5.69 Å². The van der Waals surface area contributed by atoms with Crippen LogP contribution in [-0.2, 0) is 14.3 Å². The Balaban J connectivity index is 1.78. The van der Waals surface area contributed by atoms with Gasteiger partial charge in [-0.05, 0) is 25.0 Å². The molecular formula is C14H13F2NO4. The number of hydrogen-bond donors (Lipinski definition) is 2. The number of carbonyl (C=O) groups is 2. The van der Waals surface area contributed by atoms with Crippen molar-refractivity contribution in [3.8, 4) is 0 Å². The molecule has 2 bridgehead atoms. The minimum Gasteiger partial charge on any atom is -0.481 e. The van der Waals surface area contributed by atoms with Crippen molar-refractivity contribution in [2.24, 2.45) is 11.8 Å². The van der Waals surface area contributed by atoms with Gasteiger partial charge in [0.25, 0.3) is 0 Å². The highest BCUT2D eigenvalue weighted by Crippen LogP contribution is 2.44. The van der Waals surface area contributed by atoms with Crippen LogP contribution in [0.4, 0.5) is 14.5 Å². The van der Waals surface area contributed by atoms with Crippen molar-refractivity contribution in [2.45, 2.75) is 25.0 Å². The monoisotopic (exact) mass is 297 g/mol. The second-order valence-corrected chi connectivity index (χ2v) is 5.30. The molecule has 7 heteroatoms. The molecule has 1 amide bonds. The fourth-order valence-corrected chi connectivity index (χ4v) is 3.12. The van der Waals surface area contributed by atoms with Crippen molar-refractivity contribution < 1.29 is 28.2 Å². The SMILES string of the molecule is O=C(O)[C@@H]1[C@@H](C(=O)Nc2ccc(F)c(F)c2)[C@@H]2CC[C@@H]1O2. The van der Waals surface area contributed by atoms with Gasteiger partial charge in [-0.3, -0.25) is 9.59 Å². The maximum Gasteiger partial charge on any atom is 0.310 e. The maximum absolute atomic E-state index is 13.1. The van der Waals surface area contributed by atoms with E-state index in [1.54, 1.807) is 0 Å². The summed E-state index contributed by atoms with van der Waals surface area (Å²) in [4.78, 5) is 23.5. The molecule has 1 aromatic rings. The van der Waals surface area contributed by atoms with Crippen molar-refractivity contribution in [3.05, 3.63) is 29.8 Å². The van der Waals surface area contributed by atoms with Crippen molar-refractivity contribution in [2.75, 3.05) is 5.32 Å². The van der Waals surface area contributed by atoms with E-state index in [1.807, 2.05) is 0 Å². The van der Waals surface area contributed by atoms with Crippen LogP contribution in [0.25, 0.3) is 0 Å². The maximum atomic E-state index is 13.1. The molecule has 21 heavy (non-hydrogen) atoms. The van der Waals surface area contributed by atoms with E-state index in [1.165, 1.54) is 6.07 Å². The lowest BCUT2D eigenvalue weighted by atomic mass is 9.78. The molecule has 3 rings (SSSR count). The number of carbonyl (C=O) groups excluding carboxylic acids is 1. The molecule has 2 saturated heterocycles. The highest BCUT2D eigenvalue weighted by molar-refractivity contribution is 5.96. The molecule has 0 radical (unpaired) electrons. The van der Waals surface area contributed by atoms with Crippen molar-refractivity contribution >= 4 is 17.6 Å². The summed E-state index contributed by atoms with van der Waals surface area (Å²) < 4.78 is 31.4. The molecule has 2 aliphatic heterocycles. The molecule has 0 aliphatic carbocycles. The number of fused-ring (bicyclic) bond motifs is 2. The van der Waals surface area contributed by atoms with E-state index in [2.05, 4.69) is 5.32 Å². The van der Waals surface area contributed by atoms with Crippen LogP contribution < -0.4 is 5.32 Å². The molecule has 0 aromatic heterocycles. The molecule has 4 atom stereocenters. The summed E-state index contributed by atoms with van der Waals surface area (Å²) in [6, 6.07) is 2.98. The fourth-order valence-electron chi connectivity index (χ4n) is 3.12. The molecule has 0 spiro atoms. The lowest BCUT2D eigenvalue weighted by molar-refractivity contribution is -0.147. The Kier molecular flexibility index (Phi) is 3.36. The second kappa shape index (κ2) is 5.07. The number of hydrogen-bond acceptors (Lipinski definition) is 3. The number of aliphatic carboxylic acids is 1. The van der Waals surface area contributed by atoms with Gasteiger partial charge in [-0.2, -0.15) is 0 Å². The van der Waals surface area contributed by atoms with Gasteiger partial charge < -0.3 is 15.2 Å². The zero-order valence-corrected chi connectivity index (χ0v) is 10.9. The number of carboxylic acid groups (broad SMARTS) is 1. The summed E-state index contributed by atoms with van der Waals surface area (Å²) in [7, 11) is 0. The molecule has 0 unspecified atom stereocenters. The van der Waals surface area contributed by atoms with Gasteiger partial charge in [0, 0.05) is 11.8 Å². The molecular weight excluding hydrogens is 284 g/mol. The Morgan fingerprint density at radius 2 is 1.81 bits per heavy atom. The molecule has 0 saturated carbocycles. The molecule has 2 aliphatic rings. The molecule has 2 N–H and O–H groups in total. The molecule has 5 nitrogen and oxygen atoms in total. The first-order valence-electron chi connectivity index (χ1n) is 6.61. The second-order valence-electron chi connectivity index (χ2n) is 5.30. The highest BCUT2D eigenvalue weighted by Gasteiger charge is 2.55. The van der Waals surface area contributed by atoms with E-state index in [0.717, 1.165) is 12.1 Å². The van der Waals surface area contributed by atoms with Gasteiger partial charge in [0.05, 0.1) is 24.0 Å². The van der Waals surface area contributed by atoms with Gasteiger partial charge in [0.2, 0.25) is 5.91 Å². The van der Waals surface area contributed by atoms with Crippen LogP contribution in [0.3, 0.4) is 0 Å². The number of carboxylic acids is 1. The average Bonchev–Trinajstić information content (AvgIpc) is 3.03. The number of halogens is 2. The smallest absolute Gasteiger partial charge is 0.310 e. The van der Waals surface area contributed by atoms with Gasteiger partial charge in [-0.25, -0.2) is 8.78 Å². The predicted octanol–water partition coefficient (Wildman–Crippen LogP) is 1.78. The Hall–Kier alpha value is -2.02. The minimum atomic E-state index is -1.08. The van der Waals surface area contributed by atoms with Gasteiger partial charge in [0.15, 0.2) is 11.6 Å². The zero-order valence-electron chi connectivity index (χ0n) is 10.9. The summed E-state index contributed by atoms with van der Waals surface area (Å²) in [5.41, 5.74) is 0.0887. The van der Waals surface area contributed by atoms with Crippen LogP contribution in [0.15, 0.2) is 18.2 Å². The third-order valence-electron chi connectivity index (χ3n) is 4.05. The van der Waals surface area contributed by atoms with Crippen molar-refractivity contribution in [3.63, 3.8) is 0 Å². The first-order valence-corrected chi connectivity index (χ1v) is 6.61. The Labute approximate surface area is 118 Å². The van der Waals surface area contributed by atoms with E-state index in [0.29, 0.717) is 12.8 Å². The lowest BCUT2D eigenvalue weighted by Gasteiger charge is -2.23. The fraction of sp³-hybridized carbons (Fsp3) is 0.429. The highest BCUT2D eigenvalue weighted by atomic mass is 19.2. The summed E-state index contributed by atoms with van der Waals surface area (Å²) >= 11 is 0. The average molecular weight is 297 g/mol. The number of benzene rings is 1. The van der Waals surface area contributed by atoms with Crippen LogP contribution in [-0.4, -0.2) is 29.2 Å². The summed E-state index contributed by atoms with van der Waals surface area (Å²) in [5.74, 6) is -5.41. The lowest BCUT2D eigenvalue weighted by Crippen LogP contribution is -2.40. The van der Waals surface area contributed by atoms with Gasteiger partial charge in [0.1, 0.15) is 0 Å². The van der Waals surface area contributed by atoms with E-state index in [4.69, 9.17) is 4.74 Å². The van der Waals surface area contributed by atoms with E-state index >= 15 is 0 Å². The van der Waals surface area contributed by atoms with Crippen molar-refractivity contribution in [1.29, 1.82) is 0 Å². The minimum absolute atomic E-state index is 0.0887. The Morgan fingerprint density at radius 1 is 1.14 bits per heavy atom. The molecule has 2 fully saturated rings. The third-order valence-corrected chi connectivity index (χ3v) is 4.05. The summed E-state index contributed by atoms with van der Waals surface area (Å²) in [5, 5.41) is 11.7. The normalized spacial score (nSPS) is 30.4. The van der Waals surface area contributed by atoms with E-state index in [9.17, 15) is 23.5 Å². The number of amides is 1. The van der Waals surface area contributed by atoms with Crippen LogP contribution in [0.5, 0.6) is 0 Å². The quantitative estimate of drug-likeness (QED) is 0.891. The van der Waals surface area contributed by atoms with Crippen LogP contribution in [0.2, 0.25) is 0 Å². The van der Waals surface area contributed by atoms with Gasteiger partial charge in [-0.1, -0.05) is 0 Å². The van der Waals surface area contributed by atoms with Crippen LogP contribution in [0.1, 0.15) is 12.8 Å². The predicted molar refractivity (Wildman–Crippen MR) is 67.5 cm³/mol. The largest absolute Gasteiger partial charge is 0.481 e. The number of nitrogens with one attached hydrogen (secondary N) is 1. The zero-order chi connectivity index (χ0) is 15.1. The van der Waals surface area contributed by atoms with Crippen LogP contribution in [0, 0.1) is 23.5 Å². The molecule has 2 heterocycles. The number of ether oxygens (including phenoxy) is 1.